The van der Waals surface area contributed by atoms with Crippen LogP contribution < -0.4 is 11.1 Å². The molecule has 104 valence electrons. The fourth-order valence-corrected chi connectivity index (χ4v) is 2.23. The molecule has 3 N–H and O–H groups in total. The third-order valence-corrected chi connectivity index (χ3v) is 3.33. The highest BCUT2D eigenvalue weighted by Gasteiger charge is 2.15. The number of rotatable bonds is 4. The highest BCUT2D eigenvalue weighted by molar-refractivity contribution is 5.94. The number of hydrogen-bond acceptors (Lipinski definition) is 4. The average Bonchev–Trinajstić information content (AvgIpc) is 2.45. The van der Waals surface area contributed by atoms with Crippen molar-refractivity contribution in [3.63, 3.8) is 0 Å². The van der Waals surface area contributed by atoms with Gasteiger partial charge in [-0.2, -0.15) is 0 Å². The number of pyridine rings is 1. The number of anilines is 1. The Labute approximate surface area is 113 Å². The number of nitrogen functional groups attached to an aromatic ring is 1. The molecular formula is C14H21N3O2. The summed E-state index contributed by atoms with van der Waals surface area (Å²) in [6.45, 7) is 4.22. The molecule has 0 aliphatic carbocycles. The van der Waals surface area contributed by atoms with Gasteiger partial charge in [-0.1, -0.05) is 6.92 Å². The average molecular weight is 263 g/mol. The molecular weight excluding hydrogens is 242 g/mol. The maximum atomic E-state index is 12.1. The van der Waals surface area contributed by atoms with Crippen LogP contribution in [0.5, 0.6) is 0 Å². The van der Waals surface area contributed by atoms with Crippen molar-refractivity contribution < 1.29 is 9.53 Å². The predicted octanol–water partition coefficient (Wildman–Crippen LogP) is 1.38. The van der Waals surface area contributed by atoms with Crippen molar-refractivity contribution in [3.8, 4) is 0 Å². The van der Waals surface area contributed by atoms with Crippen LogP contribution in [0.25, 0.3) is 0 Å². The van der Waals surface area contributed by atoms with Gasteiger partial charge in [0.1, 0.15) is 5.82 Å². The molecule has 0 spiro atoms. The molecule has 1 aromatic rings. The first kappa shape index (κ1) is 13.8. The van der Waals surface area contributed by atoms with E-state index in [1.807, 2.05) is 6.92 Å². The molecule has 1 aromatic heterocycles. The van der Waals surface area contributed by atoms with E-state index < -0.39 is 0 Å². The van der Waals surface area contributed by atoms with Gasteiger partial charge in [0.05, 0.1) is 6.61 Å². The van der Waals surface area contributed by atoms with Crippen LogP contribution in [0.4, 0.5) is 5.82 Å². The van der Waals surface area contributed by atoms with Gasteiger partial charge in [-0.05, 0) is 37.3 Å². The van der Waals surface area contributed by atoms with Gasteiger partial charge in [0, 0.05) is 24.4 Å². The van der Waals surface area contributed by atoms with Gasteiger partial charge < -0.3 is 15.8 Å². The lowest BCUT2D eigenvalue weighted by Gasteiger charge is -2.22. The van der Waals surface area contributed by atoms with Crippen molar-refractivity contribution in [2.75, 3.05) is 25.5 Å². The van der Waals surface area contributed by atoms with E-state index in [9.17, 15) is 4.79 Å². The lowest BCUT2D eigenvalue weighted by molar-refractivity contribution is 0.0536. The second-order valence-corrected chi connectivity index (χ2v) is 4.92. The summed E-state index contributed by atoms with van der Waals surface area (Å²) in [6.07, 6.45) is 2.95. The third kappa shape index (κ3) is 3.92. The number of aromatic nitrogens is 1. The highest BCUT2D eigenvalue weighted by Crippen LogP contribution is 2.13. The molecule has 1 aliphatic heterocycles. The van der Waals surface area contributed by atoms with Crippen molar-refractivity contribution in [2.45, 2.75) is 26.2 Å². The number of ether oxygens (including phenoxy) is 1. The molecule has 19 heavy (non-hydrogen) atoms. The number of nitrogens with one attached hydrogen (secondary N) is 1. The monoisotopic (exact) mass is 263 g/mol. The van der Waals surface area contributed by atoms with E-state index >= 15 is 0 Å². The van der Waals surface area contributed by atoms with Gasteiger partial charge in [-0.3, -0.25) is 4.79 Å². The second-order valence-electron chi connectivity index (χ2n) is 4.92. The Hall–Kier alpha value is -1.62. The van der Waals surface area contributed by atoms with E-state index in [0.717, 1.165) is 38.2 Å². The van der Waals surface area contributed by atoms with Crippen LogP contribution in [0.2, 0.25) is 0 Å². The molecule has 1 fully saturated rings. The molecule has 1 aliphatic rings. The zero-order valence-corrected chi connectivity index (χ0v) is 11.3. The molecule has 1 saturated heterocycles. The Morgan fingerprint density at radius 2 is 2.42 bits per heavy atom. The van der Waals surface area contributed by atoms with Gasteiger partial charge in [-0.15, -0.1) is 0 Å². The van der Waals surface area contributed by atoms with Gasteiger partial charge in [0.15, 0.2) is 0 Å². The minimum Gasteiger partial charge on any atom is -0.384 e. The van der Waals surface area contributed by atoms with Crippen LogP contribution in [0.3, 0.4) is 0 Å². The maximum absolute atomic E-state index is 12.1. The van der Waals surface area contributed by atoms with E-state index in [4.69, 9.17) is 10.5 Å². The molecule has 0 radical (unpaired) electrons. The topological polar surface area (TPSA) is 77.2 Å². The maximum Gasteiger partial charge on any atom is 0.251 e. The quantitative estimate of drug-likeness (QED) is 0.860. The number of nitrogens with zero attached hydrogens (tertiary/aromatic N) is 1. The Bertz CT molecular complexity index is 442. The molecule has 5 heteroatoms. The van der Waals surface area contributed by atoms with Crippen LogP contribution in [0.15, 0.2) is 12.1 Å². The summed E-state index contributed by atoms with van der Waals surface area (Å²) in [6, 6.07) is 3.41. The van der Waals surface area contributed by atoms with Gasteiger partial charge >= 0.3 is 0 Å². The Balaban J connectivity index is 1.93. The first-order valence-corrected chi connectivity index (χ1v) is 6.81. The molecule has 0 saturated carbocycles. The summed E-state index contributed by atoms with van der Waals surface area (Å²) in [5.74, 6) is 0.724. The van der Waals surface area contributed by atoms with E-state index in [-0.39, 0.29) is 5.91 Å². The number of aryl methyl sites for hydroxylation is 1. The van der Waals surface area contributed by atoms with Crippen molar-refractivity contribution in [1.29, 1.82) is 0 Å². The van der Waals surface area contributed by atoms with E-state index in [2.05, 4.69) is 10.3 Å². The normalized spacial score (nSPS) is 19.1. The van der Waals surface area contributed by atoms with E-state index in [1.165, 1.54) is 0 Å². The molecule has 1 atom stereocenters. The highest BCUT2D eigenvalue weighted by atomic mass is 16.5. The van der Waals surface area contributed by atoms with Gasteiger partial charge in [0.25, 0.3) is 5.91 Å². The Morgan fingerprint density at radius 1 is 1.58 bits per heavy atom. The number of carbonyl (C=O) groups excluding carboxylic acids is 1. The fraction of sp³-hybridized carbons (Fsp3) is 0.571. The van der Waals surface area contributed by atoms with Crippen molar-refractivity contribution in [1.82, 2.24) is 10.3 Å². The zero-order valence-electron chi connectivity index (χ0n) is 11.3. The van der Waals surface area contributed by atoms with Crippen LogP contribution in [-0.4, -0.2) is 30.6 Å². The first-order valence-electron chi connectivity index (χ1n) is 6.81. The molecule has 1 amide bonds. The van der Waals surface area contributed by atoms with Crippen LogP contribution >= 0.6 is 0 Å². The molecule has 1 unspecified atom stereocenters. The SMILES string of the molecule is CCc1cc(C(=O)NCC2CCCOC2)cc(N)n1. The molecule has 0 aromatic carbocycles. The molecule has 5 nitrogen and oxygen atoms in total. The van der Waals surface area contributed by atoms with Crippen LogP contribution in [0, 0.1) is 5.92 Å². The lowest BCUT2D eigenvalue weighted by atomic mass is 10.0. The summed E-state index contributed by atoms with van der Waals surface area (Å²) in [7, 11) is 0. The minimum atomic E-state index is -0.0885. The minimum absolute atomic E-state index is 0.0885. The summed E-state index contributed by atoms with van der Waals surface area (Å²) in [5.41, 5.74) is 7.12. The van der Waals surface area contributed by atoms with Crippen molar-refractivity contribution >= 4 is 11.7 Å². The summed E-state index contributed by atoms with van der Waals surface area (Å²) < 4.78 is 5.39. The van der Waals surface area contributed by atoms with Crippen molar-refractivity contribution in [3.05, 3.63) is 23.4 Å². The van der Waals surface area contributed by atoms with Crippen LogP contribution in [-0.2, 0) is 11.2 Å². The molecule has 2 heterocycles. The number of amides is 1. The smallest absolute Gasteiger partial charge is 0.251 e. The van der Waals surface area contributed by atoms with E-state index in [0.29, 0.717) is 23.8 Å². The zero-order chi connectivity index (χ0) is 13.7. The number of hydrogen-bond donors (Lipinski definition) is 2. The largest absolute Gasteiger partial charge is 0.384 e. The second kappa shape index (κ2) is 6.52. The standard InChI is InChI=1S/C14H21N3O2/c1-2-12-6-11(7-13(15)17-12)14(18)16-8-10-4-3-5-19-9-10/h6-7,10H,2-5,8-9H2,1H3,(H2,15,17)(H,16,18). The number of nitrogens with two attached hydrogens (primary N) is 1. The van der Waals surface area contributed by atoms with Gasteiger partial charge in [-0.25, -0.2) is 4.98 Å². The summed E-state index contributed by atoms with van der Waals surface area (Å²) in [5, 5.41) is 2.94. The fourth-order valence-electron chi connectivity index (χ4n) is 2.23. The molecule has 2 rings (SSSR count). The van der Waals surface area contributed by atoms with E-state index in [1.54, 1.807) is 12.1 Å². The Morgan fingerprint density at radius 3 is 3.11 bits per heavy atom. The first-order chi connectivity index (χ1) is 9.19. The number of carbonyl (C=O) groups is 1. The Kier molecular flexibility index (Phi) is 4.74. The molecule has 0 bridgehead atoms. The summed E-state index contributed by atoms with van der Waals surface area (Å²) >= 11 is 0. The van der Waals surface area contributed by atoms with Crippen molar-refractivity contribution in [2.24, 2.45) is 5.92 Å². The van der Waals surface area contributed by atoms with Gasteiger partial charge in [0.2, 0.25) is 0 Å². The lowest BCUT2D eigenvalue weighted by Crippen LogP contribution is -2.33. The predicted molar refractivity (Wildman–Crippen MR) is 73.9 cm³/mol. The summed E-state index contributed by atoms with van der Waals surface area (Å²) in [4.78, 5) is 16.2. The van der Waals surface area contributed by atoms with Crippen LogP contribution in [0.1, 0.15) is 35.8 Å². The third-order valence-electron chi connectivity index (χ3n) is 3.33.